The minimum absolute atomic E-state index is 0.375. The lowest BCUT2D eigenvalue weighted by Crippen LogP contribution is -2.08. The Balaban J connectivity index is 1.74. The van der Waals surface area contributed by atoms with E-state index in [0.29, 0.717) is 11.8 Å². The highest BCUT2D eigenvalue weighted by Gasteiger charge is 2.29. The first-order chi connectivity index (χ1) is 8.33. The van der Waals surface area contributed by atoms with Gasteiger partial charge in [0.2, 0.25) is 5.89 Å². The predicted molar refractivity (Wildman–Crippen MR) is 66.2 cm³/mol. The molecule has 17 heavy (non-hydrogen) atoms. The number of hydrogen-bond donors (Lipinski definition) is 1. The molecule has 0 aliphatic carbocycles. The molecule has 0 bridgehead atoms. The van der Waals surface area contributed by atoms with E-state index in [9.17, 15) is 0 Å². The van der Waals surface area contributed by atoms with E-state index >= 15 is 0 Å². The average Bonchev–Trinajstić information content (AvgIpc) is 3.00. The summed E-state index contributed by atoms with van der Waals surface area (Å²) in [5.41, 5.74) is 0. The van der Waals surface area contributed by atoms with Gasteiger partial charge in [0.05, 0.1) is 5.92 Å². The molecule has 0 amide bonds. The Labute approximate surface area is 104 Å². The predicted octanol–water partition coefficient (Wildman–Crippen LogP) is 2.04. The van der Waals surface area contributed by atoms with Crippen LogP contribution in [0.1, 0.15) is 29.4 Å². The molecule has 2 unspecified atom stereocenters. The van der Waals surface area contributed by atoms with Gasteiger partial charge in [-0.25, -0.2) is 0 Å². The fourth-order valence-electron chi connectivity index (χ4n) is 2.20. The summed E-state index contributed by atoms with van der Waals surface area (Å²) in [7, 11) is 0. The lowest BCUT2D eigenvalue weighted by molar-refractivity contribution is 0.337. The van der Waals surface area contributed by atoms with E-state index in [2.05, 4.69) is 33.8 Å². The smallest absolute Gasteiger partial charge is 0.231 e. The number of aromatic nitrogens is 2. The first kappa shape index (κ1) is 10.9. The zero-order valence-corrected chi connectivity index (χ0v) is 10.5. The van der Waals surface area contributed by atoms with Gasteiger partial charge in [-0.3, -0.25) is 0 Å². The molecule has 1 aliphatic heterocycles. The Bertz CT molecular complexity index is 480. The van der Waals surface area contributed by atoms with Crippen LogP contribution < -0.4 is 5.32 Å². The van der Waals surface area contributed by atoms with Gasteiger partial charge >= 0.3 is 0 Å². The number of nitrogens with zero attached hydrogens (tertiary/aromatic N) is 2. The van der Waals surface area contributed by atoms with E-state index in [1.165, 1.54) is 4.88 Å². The van der Waals surface area contributed by atoms with E-state index in [0.717, 1.165) is 31.2 Å². The molecule has 1 N–H and O–H groups in total. The van der Waals surface area contributed by atoms with Crippen LogP contribution in [-0.2, 0) is 6.42 Å². The van der Waals surface area contributed by atoms with Crippen molar-refractivity contribution in [2.45, 2.75) is 19.3 Å². The largest absolute Gasteiger partial charge is 0.339 e. The maximum atomic E-state index is 5.37. The van der Waals surface area contributed by atoms with E-state index in [4.69, 9.17) is 4.52 Å². The monoisotopic (exact) mass is 249 g/mol. The number of hydrogen-bond acceptors (Lipinski definition) is 5. The maximum Gasteiger partial charge on any atom is 0.231 e. The molecule has 0 saturated carbocycles. The zero-order chi connectivity index (χ0) is 11.7. The summed E-state index contributed by atoms with van der Waals surface area (Å²) in [5.74, 6) is 2.53. The maximum absolute atomic E-state index is 5.37. The summed E-state index contributed by atoms with van der Waals surface area (Å²) < 4.78 is 5.37. The van der Waals surface area contributed by atoms with Crippen molar-refractivity contribution >= 4 is 11.3 Å². The molecule has 3 rings (SSSR count). The summed E-state index contributed by atoms with van der Waals surface area (Å²) in [5, 5.41) is 9.48. The van der Waals surface area contributed by atoms with Crippen molar-refractivity contribution in [3.8, 4) is 0 Å². The Kier molecular flexibility index (Phi) is 2.94. The first-order valence-corrected chi connectivity index (χ1v) is 6.76. The quantitative estimate of drug-likeness (QED) is 0.904. The average molecular weight is 249 g/mol. The molecular formula is C12H15N3OS. The van der Waals surface area contributed by atoms with Crippen LogP contribution in [-0.4, -0.2) is 23.2 Å². The molecule has 4 nitrogen and oxygen atoms in total. The van der Waals surface area contributed by atoms with Crippen LogP contribution in [0.15, 0.2) is 22.0 Å². The van der Waals surface area contributed by atoms with E-state index in [1.807, 2.05) is 6.07 Å². The van der Waals surface area contributed by atoms with Gasteiger partial charge in [-0.15, -0.1) is 11.3 Å². The van der Waals surface area contributed by atoms with Crippen molar-refractivity contribution in [2.24, 2.45) is 5.92 Å². The van der Waals surface area contributed by atoms with Crippen LogP contribution in [0.25, 0.3) is 0 Å². The number of rotatable bonds is 3. The van der Waals surface area contributed by atoms with Gasteiger partial charge in [0.15, 0.2) is 5.82 Å². The molecule has 0 radical (unpaired) electrons. The third-order valence-electron chi connectivity index (χ3n) is 3.23. The minimum atomic E-state index is 0.375. The van der Waals surface area contributed by atoms with Gasteiger partial charge in [-0.05, 0) is 23.9 Å². The Morgan fingerprint density at radius 2 is 2.47 bits per heavy atom. The lowest BCUT2D eigenvalue weighted by Gasteiger charge is -2.07. The van der Waals surface area contributed by atoms with E-state index < -0.39 is 0 Å². The highest BCUT2D eigenvalue weighted by atomic mass is 32.1. The summed E-state index contributed by atoms with van der Waals surface area (Å²) in [6.07, 6.45) is 0.774. The number of thiophene rings is 1. The molecule has 5 heteroatoms. The molecule has 1 fully saturated rings. The van der Waals surface area contributed by atoms with Crippen LogP contribution in [0, 0.1) is 5.92 Å². The number of nitrogens with one attached hydrogen (secondary N) is 1. The SMILES string of the molecule is CC1CNCC1c1nc(Cc2cccs2)no1. The zero-order valence-electron chi connectivity index (χ0n) is 9.72. The third-order valence-corrected chi connectivity index (χ3v) is 4.11. The molecule has 0 spiro atoms. The van der Waals surface area contributed by atoms with Crippen molar-refractivity contribution in [3.05, 3.63) is 34.1 Å². The second kappa shape index (κ2) is 4.58. The standard InChI is InChI=1S/C12H15N3OS/c1-8-6-13-7-10(8)12-14-11(15-16-12)5-9-3-2-4-17-9/h2-4,8,10,13H,5-7H2,1H3. The van der Waals surface area contributed by atoms with Gasteiger partial charge in [0.1, 0.15) is 0 Å². The summed E-state index contributed by atoms with van der Waals surface area (Å²) >= 11 is 1.73. The van der Waals surface area contributed by atoms with Crippen molar-refractivity contribution in [1.29, 1.82) is 0 Å². The molecule has 1 saturated heterocycles. The molecule has 2 aromatic heterocycles. The Hall–Kier alpha value is -1.20. The van der Waals surface area contributed by atoms with E-state index in [1.54, 1.807) is 11.3 Å². The first-order valence-electron chi connectivity index (χ1n) is 5.88. The Morgan fingerprint density at radius 1 is 1.53 bits per heavy atom. The summed E-state index contributed by atoms with van der Waals surface area (Å²) in [6, 6.07) is 4.14. The van der Waals surface area contributed by atoms with Gasteiger partial charge in [0, 0.05) is 17.8 Å². The van der Waals surface area contributed by atoms with Crippen LogP contribution >= 0.6 is 11.3 Å². The molecular weight excluding hydrogens is 234 g/mol. The lowest BCUT2D eigenvalue weighted by atomic mass is 9.98. The van der Waals surface area contributed by atoms with Crippen molar-refractivity contribution in [2.75, 3.05) is 13.1 Å². The molecule has 3 heterocycles. The van der Waals surface area contributed by atoms with Crippen LogP contribution in [0.4, 0.5) is 0 Å². The molecule has 2 aromatic rings. The van der Waals surface area contributed by atoms with Gasteiger partial charge in [0.25, 0.3) is 0 Å². The van der Waals surface area contributed by atoms with Gasteiger partial charge in [-0.1, -0.05) is 18.1 Å². The van der Waals surface area contributed by atoms with Crippen molar-refractivity contribution in [1.82, 2.24) is 15.5 Å². The van der Waals surface area contributed by atoms with Crippen LogP contribution in [0.2, 0.25) is 0 Å². The topological polar surface area (TPSA) is 51.0 Å². The Morgan fingerprint density at radius 3 is 3.18 bits per heavy atom. The fraction of sp³-hybridized carbons (Fsp3) is 0.500. The van der Waals surface area contributed by atoms with Crippen molar-refractivity contribution in [3.63, 3.8) is 0 Å². The van der Waals surface area contributed by atoms with E-state index in [-0.39, 0.29) is 0 Å². The summed E-state index contributed by atoms with van der Waals surface area (Å²) in [6.45, 7) is 4.20. The molecule has 2 atom stereocenters. The van der Waals surface area contributed by atoms with Crippen LogP contribution in [0.5, 0.6) is 0 Å². The molecule has 0 aromatic carbocycles. The normalized spacial score (nSPS) is 24.3. The highest BCUT2D eigenvalue weighted by Crippen LogP contribution is 2.26. The third kappa shape index (κ3) is 2.25. The van der Waals surface area contributed by atoms with Gasteiger partial charge < -0.3 is 9.84 Å². The van der Waals surface area contributed by atoms with Crippen LogP contribution in [0.3, 0.4) is 0 Å². The highest BCUT2D eigenvalue weighted by molar-refractivity contribution is 7.09. The fourth-order valence-corrected chi connectivity index (χ4v) is 2.90. The summed E-state index contributed by atoms with van der Waals surface area (Å²) in [4.78, 5) is 5.78. The second-order valence-electron chi connectivity index (χ2n) is 4.55. The second-order valence-corrected chi connectivity index (χ2v) is 5.58. The molecule has 1 aliphatic rings. The van der Waals surface area contributed by atoms with Crippen molar-refractivity contribution < 1.29 is 4.52 Å². The minimum Gasteiger partial charge on any atom is -0.339 e. The molecule has 90 valence electrons. The van der Waals surface area contributed by atoms with Gasteiger partial charge in [-0.2, -0.15) is 4.98 Å².